The summed E-state index contributed by atoms with van der Waals surface area (Å²) in [5.74, 6) is -0.661. The minimum Gasteiger partial charge on any atom is -0.366 e. The van der Waals surface area contributed by atoms with Crippen LogP contribution < -0.4 is 10.5 Å². The number of hydrogen-bond donors (Lipinski definition) is 3. The highest BCUT2D eigenvalue weighted by Crippen LogP contribution is 2.25. The van der Waals surface area contributed by atoms with Crippen LogP contribution in [0.4, 0.5) is 5.69 Å². The zero-order valence-electron chi connectivity index (χ0n) is 12.3. The SMILES string of the molecule is Cc1ccc(S(=O)(=O)Nc2cccc3cc[nH]c23)cc1C(N)=O. The van der Waals surface area contributed by atoms with Crippen LogP contribution in [0.5, 0.6) is 0 Å². The van der Waals surface area contributed by atoms with E-state index in [-0.39, 0.29) is 10.5 Å². The van der Waals surface area contributed by atoms with Crippen LogP contribution in [0.1, 0.15) is 15.9 Å². The van der Waals surface area contributed by atoms with Crippen LogP contribution in [0.2, 0.25) is 0 Å². The van der Waals surface area contributed by atoms with E-state index in [1.54, 1.807) is 31.3 Å². The van der Waals surface area contributed by atoms with E-state index in [4.69, 9.17) is 5.73 Å². The van der Waals surface area contributed by atoms with Crippen molar-refractivity contribution < 1.29 is 13.2 Å². The predicted octanol–water partition coefficient (Wildman–Crippen LogP) is 2.38. The predicted molar refractivity (Wildman–Crippen MR) is 88.8 cm³/mol. The third-order valence-electron chi connectivity index (χ3n) is 3.62. The van der Waals surface area contributed by atoms with Gasteiger partial charge in [-0.3, -0.25) is 9.52 Å². The van der Waals surface area contributed by atoms with Crippen molar-refractivity contribution in [2.45, 2.75) is 11.8 Å². The lowest BCUT2D eigenvalue weighted by molar-refractivity contribution is 0.0999. The van der Waals surface area contributed by atoms with Crippen molar-refractivity contribution in [3.63, 3.8) is 0 Å². The summed E-state index contributed by atoms with van der Waals surface area (Å²) in [6, 6.07) is 11.4. The van der Waals surface area contributed by atoms with Crippen LogP contribution in [-0.4, -0.2) is 19.3 Å². The Morgan fingerprint density at radius 3 is 2.70 bits per heavy atom. The molecule has 0 unspecified atom stereocenters. The lowest BCUT2D eigenvalue weighted by Crippen LogP contribution is -2.17. The summed E-state index contributed by atoms with van der Waals surface area (Å²) in [7, 11) is -3.83. The molecule has 0 saturated heterocycles. The molecule has 4 N–H and O–H groups in total. The molecule has 23 heavy (non-hydrogen) atoms. The summed E-state index contributed by atoms with van der Waals surface area (Å²) >= 11 is 0. The number of fused-ring (bicyclic) bond motifs is 1. The van der Waals surface area contributed by atoms with Gasteiger partial charge in [0, 0.05) is 17.1 Å². The minimum atomic E-state index is -3.83. The molecule has 1 amide bonds. The Kier molecular flexibility index (Phi) is 3.57. The Morgan fingerprint density at radius 2 is 1.96 bits per heavy atom. The first-order chi connectivity index (χ1) is 10.9. The molecule has 3 aromatic rings. The maximum Gasteiger partial charge on any atom is 0.261 e. The lowest BCUT2D eigenvalue weighted by Gasteiger charge is -2.11. The van der Waals surface area contributed by atoms with Crippen molar-refractivity contribution in [1.29, 1.82) is 0 Å². The molecule has 0 aliphatic carbocycles. The first-order valence-corrected chi connectivity index (χ1v) is 8.36. The second-order valence-electron chi connectivity index (χ2n) is 5.19. The number of amides is 1. The molecule has 0 radical (unpaired) electrons. The molecule has 118 valence electrons. The number of para-hydroxylation sites is 1. The van der Waals surface area contributed by atoms with Gasteiger partial charge in [-0.15, -0.1) is 0 Å². The Morgan fingerprint density at radius 1 is 1.17 bits per heavy atom. The van der Waals surface area contributed by atoms with Gasteiger partial charge < -0.3 is 10.7 Å². The maximum absolute atomic E-state index is 12.6. The minimum absolute atomic E-state index is 0.0135. The van der Waals surface area contributed by atoms with Gasteiger partial charge in [0.05, 0.1) is 16.1 Å². The molecule has 0 spiro atoms. The Hall–Kier alpha value is -2.80. The summed E-state index contributed by atoms with van der Waals surface area (Å²) < 4.78 is 27.7. The zero-order valence-corrected chi connectivity index (χ0v) is 13.1. The molecule has 0 atom stereocenters. The smallest absolute Gasteiger partial charge is 0.261 e. The average molecular weight is 329 g/mol. The van der Waals surface area contributed by atoms with Gasteiger partial charge in [0.2, 0.25) is 5.91 Å². The van der Waals surface area contributed by atoms with Crippen LogP contribution in [0.3, 0.4) is 0 Å². The fraction of sp³-hybridized carbons (Fsp3) is 0.0625. The monoisotopic (exact) mass is 329 g/mol. The zero-order chi connectivity index (χ0) is 16.6. The maximum atomic E-state index is 12.6. The number of hydrogen-bond acceptors (Lipinski definition) is 3. The number of aromatic amines is 1. The number of carbonyl (C=O) groups excluding carboxylic acids is 1. The van der Waals surface area contributed by atoms with E-state index in [1.165, 1.54) is 12.1 Å². The molecule has 7 heteroatoms. The normalized spacial score (nSPS) is 11.5. The third kappa shape index (κ3) is 2.78. The van der Waals surface area contributed by atoms with E-state index < -0.39 is 15.9 Å². The summed E-state index contributed by atoms with van der Waals surface area (Å²) in [6.45, 7) is 1.70. The summed E-state index contributed by atoms with van der Waals surface area (Å²) in [5.41, 5.74) is 7.23. The largest absolute Gasteiger partial charge is 0.366 e. The summed E-state index contributed by atoms with van der Waals surface area (Å²) in [5, 5.41) is 0.895. The molecule has 0 saturated carbocycles. The van der Waals surface area contributed by atoms with Crippen molar-refractivity contribution in [2.24, 2.45) is 5.73 Å². The van der Waals surface area contributed by atoms with Crippen LogP contribution >= 0.6 is 0 Å². The van der Waals surface area contributed by atoms with Crippen molar-refractivity contribution in [2.75, 3.05) is 4.72 Å². The van der Waals surface area contributed by atoms with Gasteiger partial charge in [0.25, 0.3) is 10.0 Å². The van der Waals surface area contributed by atoms with Crippen LogP contribution in [0.25, 0.3) is 10.9 Å². The molecule has 0 fully saturated rings. The van der Waals surface area contributed by atoms with E-state index in [9.17, 15) is 13.2 Å². The average Bonchev–Trinajstić information content (AvgIpc) is 2.96. The fourth-order valence-electron chi connectivity index (χ4n) is 2.41. The number of carbonyl (C=O) groups is 1. The van der Waals surface area contributed by atoms with E-state index in [2.05, 4.69) is 9.71 Å². The lowest BCUT2D eigenvalue weighted by atomic mass is 10.1. The first kappa shape index (κ1) is 15.1. The quantitative estimate of drug-likeness (QED) is 0.684. The van der Waals surface area contributed by atoms with Gasteiger partial charge in [-0.05, 0) is 36.8 Å². The number of nitrogens with two attached hydrogens (primary N) is 1. The molecule has 1 heterocycles. The van der Waals surface area contributed by atoms with E-state index in [0.29, 0.717) is 16.8 Å². The van der Waals surface area contributed by atoms with Crippen molar-refractivity contribution in [3.8, 4) is 0 Å². The molecule has 3 rings (SSSR count). The number of rotatable bonds is 4. The molecule has 0 aliphatic rings. The van der Waals surface area contributed by atoms with Crippen molar-refractivity contribution in [3.05, 3.63) is 59.8 Å². The first-order valence-electron chi connectivity index (χ1n) is 6.88. The summed E-state index contributed by atoms with van der Waals surface area (Å²) in [4.78, 5) is 14.4. The van der Waals surface area contributed by atoms with Crippen molar-refractivity contribution in [1.82, 2.24) is 4.98 Å². The number of H-pyrrole nitrogens is 1. The van der Waals surface area contributed by atoms with Crippen LogP contribution in [0.15, 0.2) is 53.6 Å². The number of aromatic nitrogens is 1. The molecule has 0 aliphatic heterocycles. The van der Waals surface area contributed by atoms with Gasteiger partial charge in [-0.25, -0.2) is 8.42 Å². The highest BCUT2D eigenvalue weighted by atomic mass is 32.2. The Labute approximate surface area is 133 Å². The molecular weight excluding hydrogens is 314 g/mol. The molecule has 1 aromatic heterocycles. The third-order valence-corrected chi connectivity index (χ3v) is 4.98. The van der Waals surface area contributed by atoms with Gasteiger partial charge in [-0.1, -0.05) is 18.2 Å². The van der Waals surface area contributed by atoms with Crippen LogP contribution in [0, 0.1) is 6.92 Å². The topological polar surface area (TPSA) is 105 Å². The van der Waals surface area contributed by atoms with E-state index >= 15 is 0 Å². The van der Waals surface area contributed by atoms with E-state index in [0.717, 1.165) is 5.39 Å². The highest BCUT2D eigenvalue weighted by Gasteiger charge is 2.18. The molecule has 6 nitrogen and oxygen atoms in total. The molecule has 2 aromatic carbocycles. The van der Waals surface area contributed by atoms with Crippen LogP contribution in [-0.2, 0) is 10.0 Å². The number of nitrogens with one attached hydrogen (secondary N) is 2. The number of primary amides is 1. The number of aryl methyl sites for hydroxylation is 1. The number of sulfonamides is 1. The number of anilines is 1. The molecule has 0 bridgehead atoms. The van der Waals surface area contributed by atoms with Gasteiger partial charge in [0.1, 0.15) is 0 Å². The van der Waals surface area contributed by atoms with Gasteiger partial charge >= 0.3 is 0 Å². The van der Waals surface area contributed by atoms with E-state index in [1.807, 2.05) is 12.1 Å². The van der Waals surface area contributed by atoms with Crippen molar-refractivity contribution >= 4 is 32.5 Å². The second kappa shape index (κ2) is 5.44. The highest BCUT2D eigenvalue weighted by molar-refractivity contribution is 7.92. The Bertz CT molecular complexity index is 1010. The second-order valence-corrected chi connectivity index (χ2v) is 6.88. The standard InChI is InChI=1S/C16H15N3O3S/c1-10-5-6-12(9-13(10)16(17)20)23(21,22)19-14-4-2-3-11-7-8-18-15(11)14/h2-9,18-19H,1H3,(H2,17,20). The summed E-state index contributed by atoms with van der Waals surface area (Å²) in [6.07, 6.45) is 1.74. The fourth-order valence-corrected chi connectivity index (χ4v) is 3.51. The van der Waals surface area contributed by atoms with Gasteiger partial charge in [0.15, 0.2) is 0 Å². The van der Waals surface area contributed by atoms with Gasteiger partial charge in [-0.2, -0.15) is 0 Å². The molecular formula is C16H15N3O3S. The Balaban J connectivity index is 2.04. The number of benzene rings is 2.